The van der Waals surface area contributed by atoms with Crippen LogP contribution in [0.25, 0.3) is 10.8 Å². The van der Waals surface area contributed by atoms with Crippen molar-refractivity contribution >= 4 is 50.4 Å². The summed E-state index contributed by atoms with van der Waals surface area (Å²) in [5.74, 6) is -2.22. The lowest BCUT2D eigenvalue weighted by molar-refractivity contribution is -0.141. The summed E-state index contributed by atoms with van der Waals surface area (Å²) in [6.45, 7) is 11.7. The number of hydrogen-bond acceptors (Lipinski definition) is 11. The number of pyridine rings is 1. The lowest BCUT2D eigenvalue weighted by Gasteiger charge is -2.29. The molecule has 16 heteroatoms. The molecule has 1 aromatic carbocycles. The number of fused-ring (bicyclic) bond motifs is 1. The molecule has 15 nitrogen and oxygen atoms in total. The maximum absolute atomic E-state index is 14.3. The Kier molecular flexibility index (Phi) is 12.1. The first-order valence-electron chi connectivity index (χ1n) is 16.5. The lowest BCUT2D eigenvalue weighted by Crippen LogP contribution is -2.56. The number of nitrogens with one attached hydrogen (secondary N) is 3. The van der Waals surface area contributed by atoms with Crippen LogP contribution in [0.5, 0.6) is 11.6 Å². The van der Waals surface area contributed by atoms with E-state index >= 15 is 0 Å². The maximum Gasteiger partial charge on any atom is 0.408 e. The number of carbonyl (C=O) groups is 5. The number of aromatic nitrogens is 1. The fourth-order valence-electron chi connectivity index (χ4n) is 5.46. The van der Waals surface area contributed by atoms with Crippen LogP contribution in [0.3, 0.4) is 0 Å². The van der Waals surface area contributed by atoms with Crippen LogP contribution in [-0.4, -0.2) is 96.6 Å². The highest BCUT2D eigenvalue weighted by Crippen LogP contribution is 2.31. The number of amides is 4. The van der Waals surface area contributed by atoms with Crippen LogP contribution in [0.4, 0.5) is 4.79 Å². The number of benzene rings is 1. The normalized spacial score (nSPS) is 18.5. The van der Waals surface area contributed by atoms with Gasteiger partial charge in [0.15, 0.2) is 5.78 Å². The van der Waals surface area contributed by atoms with E-state index in [0.29, 0.717) is 29.6 Å². The minimum atomic E-state index is -3.93. The molecule has 4 amide bonds. The average molecular weight is 728 g/mol. The smallest absolute Gasteiger partial charge is 0.408 e. The third kappa shape index (κ3) is 10.5. The van der Waals surface area contributed by atoms with Crippen molar-refractivity contribution in [2.45, 2.75) is 95.4 Å². The molecule has 0 spiro atoms. The number of ketones is 1. The van der Waals surface area contributed by atoms with Gasteiger partial charge in [-0.15, -0.1) is 6.58 Å². The molecule has 0 bridgehead atoms. The number of allylic oxidation sites excluding steroid dienone is 2. The second-order valence-corrected chi connectivity index (χ2v) is 15.7. The van der Waals surface area contributed by atoms with Crippen molar-refractivity contribution in [3.05, 3.63) is 54.8 Å². The molecule has 1 saturated heterocycles. The van der Waals surface area contributed by atoms with E-state index in [-0.39, 0.29) is 18.8 Å². The molecule has 0 radical (unpaired) electrons. The average Bonchev–Trinajstić information content (AvgIpc) is 3.82. The van der Waals surface area contributed by atoms with Gasteiger partial charge in [-0.05, 0) is 83.2 Å². The maximum atomic E-state index is 14.3. The highest BCUT2D eigenvalue weighted by Gasteiger charge is 2.45. The van der Waals surface area contributed by atoms with Crippen LogP contribution in [0.1, 0.15) is 60.3 Å². The first-order valence-corrected chi connectivity index (χ1v) is 18.0. The zero-order chi connectivity index (χ0) is 37.7. The molecule has 3 N–H and O–H groups in total. The van der Waals surface area contributed by atoms with Crippen LogP contribution in [0.2, 0.25) is 0 Å². The van der Waals surface area contributed by atoms with Gasteiger partial charge in [0.1, 0.15) is 35.6 Å². The van der Waals surface area contributed by atoms with Gasteiger partial charge >= 0.3 is 6.09 Å². The molecule has 1 aromatic heterocycles. The van der Waals surface area contributed by atoms with Crippen LogP contribution in [0.15, 0.2) is 54.8 Å². The quantitative estimate of drug-likeness (QED) is 0.191. The summed E-state index contributed by atoms with van der Waals surface area (Å²) in [6.07, 6.45) is 2.50. The molecule has 276 valence electrons. The molecular formula is C35H45N5O10S. The third-order valence-electron chi connectivity index (χ3n) is 7.93. The predicted octanol–water partition coefficient (Wildman–Crippen LogP) is 2.69. The minimum absolute atomic E-state index is 0.0846. The summed E-state index contributed by atoms with van der Waals surface area (Å²) in [6, 6.07) is 2.87. The number of rotatable bonds is 14. The van der Waals surface area contributed by atoms with E-state index in [0.717, 1.165) is 16.4 Å². The zero-order valence-corrected chi connectivity index (χ0v) is 30.4. The van der Waals surface area contributed by atoms with Crippen molar-refractivity contribution < 1.29 is 46.6 Å². The van der Waals surface area contributed by atoms with Crippen molar-refractivity contribution in [3.8, 4) is 11.6 Å². The van der Waals surface area contributed by atoms with Gasteiger partial charge in [0.2, 0.25) is 27.7 Å². The first kappa shape index (κ1) is 38.8. The Morgan fingerprint density at radius 2 is 1.80 bits per heavy atom. The largest absolute Gasteiger partial charge is 0.497 e. The minimum Gasteiger partial charge on any atom is -0.497 e. The van der Waals surface area contributed by atoms with E-state index in [1.165, 1.54) is 12.3 Å². The Balaban J connectivity index is 1.65. The number of carbonyl (C=O) groups excluding carboxylic acids is 5. The number of nitrogens with zero attached hydrogens (tertiary/aromatic N) is 2. The number of sulfonamides is 1. The molecular weight excluding hydrogens is 682 g/mol. The zero-order valence-electron chi connectivity index (χ0n) is 29.6. The summed E-state index contributed by atoms with van der Waals surface area (Å²) in [4.78, 5) is 72.3. The van der Waals surface area contributed by atoms with Gasteiger partial charge in [-0.25, -0.2) is 18.2 Å². The van der Waals surface area contributed by atoms with E-state index in [1.807, 2.05) is 4.72 Å². The van der Waals surface area contributed by atoms with E-state index in [9.17, 15) is 32.4 Å². The number of methoxy groups -OCH3 is 1. The molecule has 1 aliphatic carbocycles. The highest BCUT2D eigenvalue weighted by atomic mass is 32.2. The van der Waals surface area contributed by atoms with Gasteiger partial charge in [0.25, 0.3) is 5.91 Å². The van der Waals surface area contributed by atoms with Crippen molar-refractivity contribution in [1.82, 2.24) is 25.2 Å². The molecule has 51 heavy (non-hydrogen) atoms. The van der Waals surface area contributed by atoms with E-state index < -0.39 is 81.1 Å². The molecule has 0 unspecified atom stereocenters. The summed E-state index contributed by atoms with van der Waals surface area (Å²) in [7, 11) is -2.39. The van der Waals surface area contributed by atoms with Gasteiger partial charge in [0, 0.05) is 24.4 Å². The Bertz CT molecular complexity index is 1830. The second kappa shape index (κ2) is 15.9. The summed E-state index contributed by atoms with van der Waals surface area (Å²) >= 11 is 0. The van der Waals surface area contributed by atoms with Crippen molar-refractivity contribution in [3.63, 3.8) is 0 Å². The Hall–Kier alpha value is -4.99. The van der Waals surface area contributed by atoms with Gasteiger partial charge in [-0.2, -0.15) is 0 Å². The number of alkyl carbamates (subject to hydrolysis) is 1. The van der Waals surface area contributed by atoms with E-state index in [2.05, 4.69) is 22.2 Å². The van der Waals surface area contributed by atoms with E-state index in [4.69, 9.17) is 14.2 Å². The molecule has 4 rings (SSSR count). The summed E-state index contributed by atoms with van der Waals surface area (Å²) in [5.41, 5.74) is -0.243. The second-order valence-electron chi connectivity index (χ2n) is 13.7. The van der Waals surface area contributed by atoms with Crippen molar-refractivity contribution in [2.24, 2.45) is 0 Å². The number of likely N-dealkylation sites (tertiary alicyclic amines) is 1. The Morgan fingerprint density at radius 1 is 1.10 bits per heavy atom. The van der Waals surface area contributed by atoms with Crippen LogP contribution < -0.4 is 24.8 Å². The Morgan fingerprint density at radius 3 is 2.41 bits per heavy atom. The summed E-state index contributed by atoms with van der Waals surface area (Å²) < 4.78 is 43.8. The molecule has 1 aliphatic heterocycles. The fourth-order valence-corrected chi connectivity index (χ4v) is 6.79. The number of ether oxygens (including phenoxy) is 3. The van der Waals surface area contributed by atoms with Gasteiger partial charge in [0.05, 0.1) is 18.9 Å². The van der Waals surface area contributed by atoms with Crippen molar-refractivity contribution in [1.29, 1.82) is 0 Å². The molecule has 2 aromatic rings. The SMILES string of the molecule is C=C[C@@H](NC(=O)[C@@H]1C[C@@H](Oc2nccc3cc(OC)ccc23)CN1C(=O)[C@H](CC(=O)C=C(C)C)NC(=O)OC(C)(C)C)C(=O)NS(=O)(=O)C1CC1. The van der Waals surface area contributed by atoms with E-state index in [1.54, 1.807) is 66.0 Å². The van der Waals surface area contributed by atoms with Gasteiger partial charge in [-0.3, -0.25) is 23.9 Å². The standard InChI is InChI=1S/C35H45N5O10S/c1-8-27(30(42)39-51(46,47)25-10-11-25)37-31(43)29-18-24(49-32-26-12-9-23(48-7)16-21(26)13-14-36-32)19-40(29)33(44)28(17-22(41)15-20(2)3)38-34(45)50-35(4,5)6/h8-9,12-16,24-25,27-29H,1,10-11,17-19H2,2-7H3,(H,37,43)(H,38,45)(H,39,42)/t24-,27-,28+,29+/m1/s1. The summed E-state index contributed by atoms with van der Waals surface area (Å²) in [5, 5.41) is 5.68. The van der Waals surface area contributed by atoms with Crippen molar-refractivity contribution in [2.75, 3.05) is 13.7 Å². The van der Waals surface area contributed by atoms with Crippen LogP contribution >= 0.6 is 0 Å². The van der Waals surface area contributed by atoms with Gasteiger partial charge in [-0.1, -0.05) is 11.6 Å². The lowest BCUT2D eigenvalue weighted by atomic mass is 10.1. The van der Waals surface area contributed by atoms with Gasteiger partial charge < -0.3 is 29.7 Å². The molecule has 2 aliphatic rings. The first-order chi connectivity index (χ1) is 23.9. The van der Waals surface area contributed by atoms with Crippen LogP contribution in [-0.2, 0) is 33.9 Å². The van der Waals surface area contributed by atoms with Crippen LogP contribution in [0, 0.1) is 0 Å². The molecule has 2 fully saturated rings. The molecule has 1 saturated carbocycles. The highest BCUT2D eigenvalue weighted by molar-refractivity contribution is 7.90. The Labute approximate surface area is 297 Å². The fraction of sp³-hybridized carbons (Fsp3) is 0.486. The molecule has 2 heterocycles. The monoisotopic (exact) mass is 727 g/mol. The molecule has 4 atom stereocenters. The predicted molar refractivity (Wildman–Crippen MR) is 187 cm³/mol. The third-order valence-corrected chi connectivity index (χ3v) is 9.76. The topological polar surface area (TPSA) is 199 Å². The number of hydrogen-bond donors (Lipinski definition) is 3.